The molecule has 2 heterocycles. The van der Waals surface area contributed by atoms with Crippen LogP contribution in [0.25, 0.3) is 0 Å². The van der Waals surface area contributed by atoms with Gasteiger partial charge in [-0.1, -0.05) is 25.3 Å². The third-order valence-corrected chi connectivity index (χ3v) is 3.66. The highest BCUT2D eigenvalue weighted by atomic mass is 32.1. The van der Waals surface area contributed by atoms with Gasteiger partial charge in [0.1, 0.15) is 4.88 Å². The van der Waals surface area contributed by atoms with Crippen molar-refractivity contribution in [1.82, 2.24) is 19.8 Å². The standard InChI is InChI=1S/C12H18N4O2S/c1-12(2,3)10-9(19-15-14-10)11(18)16-6-4-5-13-8(17)7-16/h4-7H2,1-3H3,(H,13,17). The fourth-order valence-corrected chi connectivity index (χ4v) is 2.79. The Bertz CT molecular complexity index is 492. The lowest BCUT2D eigenvalue weighted by atomic mass is 9.91. The van der Waals surface area contributed by atoms with Crippen molar-refractivity contribution in [3.05, 3.63) is 10.6 Å². The highest BCUT2D eigenvalue weighted by Crippen LogP contribution is 2.26. The van der Waals surface area contributed by atoms with Gasteiger partial charge >= 0.3 is 0 Å². The van der Waals surface area contributed by atoms with Crippen molar-refractivity contribution in [2.75, 3.05) is 19.6 Å². The maximum atomic E-state index is 12.5. The number of amides is 2. The van der Waals surface area contributed by atoms with Gasteiger partial charge < -0.3 is 10.2 Å². The Kier molecular flexibility index (Phi) is 3.84. The van der Waals surface area contributed by atoms with Crippen LogP contribution in [0.4, 0.5) is 0 Å². The van der Waals surface area contributed by atoms with E-state index in [1.165, 1.54) is 0 Å². The number of nitrogens with zero attached hydrogens (tertiary/aromatic N) is 3. The molecule has 2 amide bonds. The molecule has 0 atom stereocenters. The second-order valence-corrected chi connectivity index (χ2v) is 6.39. The zero-order valence-corrected chi connectivity index (χ0v) is 12.2. The molecule has 2 rings (SSSR count). The smallest absolute Gasteiger partial charge is 0.268 e. The molecule has 104 valence electrons. The highest BCUT2D eigenvalue weighted by molar-refractivity contribution is 7.08. The first-order chi connectivity index (χ1) is 8.89. The maximum absolute atomic E-state index is 12.5. The number of carbonyl (C=O) groups is 2. The quantitative estimate of drug-likeness (QED) is 0.826. The Labute approximate surface area is 116 Å². The average molecular weight is 282 g/mol. The van der Waals surface area contributed by atoms with Gasteiger partial charge in [-0.2, -0.15) is 0 Å². The molecule has 0 radical (unpaired) electrons. The van der Waals surface area contributed by atoms with Gasteiger partial charge in [0.2, 0.25) is 5.91 Å². The van der Waals surface area contributed by atoms with E-state index in [1.54, 1.807) is 4.90 Å². The van der Waals surface area contributed by atoms with Gasteiger partial charge in [-0.15, -0.1) is 5.10 Å². The Balaban J connectivity index is 2.24. The lowest BCUT2D eigenvalue weighted by Gasteiger charge is -2.21. The normalized spacial score (nSPS) is 17.0. The molecule has 6 nitrogen and oxygen atoms in total. The number of nitrogens with one attached hydrogen (secondary N) is 1. The van der Waals surface area contributed by atoms with Crippen LogP contribution in [-0.2, 0) is 10.2 Å². The molecule has 1 aromatic heterocycles. The molecule has 0 aromatic carbocycles. The molecular formula is C12H18N4O2S. The summed E-state index contributed by atoms with van der Waals surface area (Å²) in [5, 5.41) is 6.83. The molecule has 1 N–H and O–H groups in total. The van der Waals surface area contributed by atoms with E-state index in [4.69, 9.17) is 0 Å². The largest absolute Gasteiger partial charge is 0.354 e. The topological polar surface area (TPSA) is 75.2 Å². The van der Waals surface area contributed by atoms with Crippen molar-refractivity contribution in [2.45, 2.75) is 32.6 Å². The zero-order valence-electron chi connectivity index (χ0n) is 11.4. The Morgan fingerprint density at radius 2 is 2.16 bits per heavy atom. The van der Waals surface area contributed by atoms with Crippen LogP contribution in [0.1, 0.15) is 42.6 Å². The first-order valence-corrected chi connectivity index (χ1v) is 7.06. The van der Waals surface area contributed by atoms with Crippen molar-refractivity contribution >= 4 is 23.3 Å². The Hall–Kier alpha value is -1.50. The van der Waals surface area contributed by atoms with Crippen LogP contribution in [0, 0.1) is 0 Å². The van der Waals surface area contributed by atoms with Gasteiger partial charge in [-0.3, -0.25) is 9.59 Å². The molecule has 7 heteroatoms. The summed E-state index contributed by atoms with van der Waals surface area (Å²) in [6.07, 6.45) is 0.772. The average Bonchev–Trinajstić information content (AvgIpc) is 2.72. The number of carbonyl (C=O) groups excluding carboxylic acids is 2. The van der Waals surface area contributed by atoms with E-state index in [1.807, 2.05) is 20.8 Å². The molecule has 0 spiro atoms. The van der Waals surface area contributed by atoms with E-state index < -0.39 is 0 Å². The van der Waals surface area contributed by atoms with Gasteiger partial charge in [-0.05, 0) is 18.0 Å². The molecule has 1 aliphatic heterocycles. The minimum Gasteiger partial charge on any atom is -0.354 e. The van der Waals surface area contributed by atoms with Gasteiger partial charge in [0.25, 0.3) is 5.91 Å². The first-order valence-electron chi connectivity index (χ1n) is 6.28. The third kappa shape index (κ3) is 3.09. The summed E-state index contributed by atoms with van der Waals surface area (Å²) in [6.45, 7) is 7.30. The van der Waals surface area contributed by atoms with Crippen molar-refractivity contribution in [3.63, 3.8) is 0 Å². The van der Waals surface area contributed by atoms with E-state index >= 15 is 0 Å². The summed E-state index contributed by atoms with van der Waals surface area (Å²) in [6, 6.07) is 0. The third-order valence-electron chi connectivity index (χ3n) is 2.94. The van der Waals surface area contributed by atoms with Crippen LogP contribution in [0.3, 0.4) is 0 Å². The van der Waals surface area contributed by atoms with Gasteiger partial charge in [0.15, 0.2) is 0 Å². The van der Waals surface area contributed by atoms with Crippen molar-refractivity contribution < 1.29 is 9.59 Å². The molecule has 0 unspecified atom stereocenters. The van der Waals surface area contributed by atoms with Gasteiger partial charge in [-0.25, -0.2) is 0 Å². The van der Waals surface area contributed by atoms with Crippen LogP contribution in [-0.4, -0.2) is 45.9 Å². The predicted molar refractivity (Wildman–Crippen MR) is 72.1 cm³/mol. The Morgan fingerprint density at radius 1 is 1.42 bits per heavy atom. The van der Waals surface area contributed by atoms with E-state index in [0.29, 0.717) is 23.7 Å². The van der Waals surface area contributed by atoms with Crippen LogP contribution in [0.15, 0.2) is 0 Å². The molecular weight excluding hydrogens is 264 g/mol. The van der Waals surface area contributed by atoms with E-state index in [0.717, 1.165) is 18.0 Å². The van der Waals surface area contributed by atoms with Crippen LogP contribution in [0.2, 0.25) is 0 Å². The minimum atomic E-state index is -0.230. The summed E-state index contributed by atoms with van der Waals surface area (Å²) in [5.41, 5.74) is 0.471. The van der Waals surface area contributed by atoms with Crippen molar-refractivity contribution in [1.29, 1.82) is 0 Å². The molecule has 0 bridgehead atoms. The SMILES string of the molecule is CC(C)(C)c1nnsc1C(=O)N1CCCNC(=O)C1. The van der Waals surface area contributed by atoms with E-state index in [2.05, 4.69) is 14.9 Å². The highest BCUT2D eigenvalue weighted by Gasteiger charge is 2.30. The van der Waals surface area contributed by atoms with E-state index in [-0.39, 0.29) is 23.8 Å². The number of rotatable bonds is 1. The summed E-state index contributed by atoms with van der Waals surface area (Å²) in [7, 11) is 0. The van der Waals surface area contributed by atoms with Crippen LogP contribution >= 0.6 is 11.5 Å². The minimum absolute atomic E-state index is 0.111. The van der Waals surface area contributed by atoms with Crippen molar-refractivity contribution in [3.8, 4) is 0 Å². The second-order valence-electron chi connectivity index (χ2n) is 5.63. The molecule has 19 heavy (non-hydrogen) atoms. The lowest BCUT2D eigenvalue weighted by molar-refractivity contribution is -0.121. The lowest BCUT2D eigenvalue weighted by Crippen LogP contribution is -2.37. The number of hydrogen-bond acceptors (Lipinski definition) is 5. The van der Waals surface area contributed by atoms with Crippen LogP contribution in [0.5, 0.6) is 0 Å². The number of hydrogen-bond donors (Lipinski definition) is 1. The summed E-state index contributed by atoms with van der Waals surface area (Å²) < 4.78 is 3.89. The summed E-state index contributed by atoms with van der Waals surface area (Å²) >= 11 is 1.10. The zero-order chi connectivity index (χ0) is 14.0. The fraction of sp³-hybridized carbons (Fsp3) is 0.667. The summed E-state index contributed by atoms with van der Waals surface area (Å²) in [5.74, 6) is -0.252. The first kappa shape index (κ1) is 13.9. The maximum Gasteiger partial charge on any atom is 0.268 e. The fourth-order valence-electron chi connectivity index (χ4n) is 1.94. The Morgan fingerprint density at radius 3 is 2.84 bits per heavy atom. The molecule has 1 fully saturated rings. The van der Waals surface area contributed by atoms with Gasteiger partial charge in [0.05, 0.1) is 12.2 Å². The predicted octanol–water partition coefficient (Wildman–Crippen LogP) is 0.798. The second kappa shape index (κ2) is 5.24. The monoisotopic (exact) mass is 282 g/mol. The molecule has 1 aliphatic rings. The van der Waals surface area contributed by atoms with E-state index in [9.17, 15) is 9.59 Å². The molecule has 0 aliphatic carbocycles. The summed E-state index contributed by atoms with van der Waals surface area (Å²) in [4.78, 5) is 26.1. The van der Waals surface area contributed by atoms with Crippen LogP contribution < -0.4 is 5.32 Å². The molecule has 0 saturated carbocycles. The number of aromatic nitrogens is 2. The molecule has 1 saturated heterocycles. The van der Waals surface area contributed by atoms with Gasteiger partial charge in [0, 0.05) is 18.5 Å². The molecule has 1 aromatic rings. The van der Waals surface area contributed by atoms with Crippen molar-refractivity contribution in [2.24, 2.45) is 0 Å².